The number of anilines is 1. The Morgan fingerprint density at radius 3 is 2.71 bits per heavy atom. The van der Waals surface area contributed by atoms with Crippen LogP contribution in [0.3, 0.4) is 0 Å². The van der Waals surface area contributed by atoms with Crippen LogP contribution in [0, 0.1) is 13.8 Å². The quantitative estimate of drug-likeness (QED) is 0.215. The summed E-state index contributed by atoms with van der Waals surface area (Å²) < 4.78 is 1.97. The Kier molecular flexibility index (Phi) is 7.82. The number of carbonyl (C=O) groups excluding carboxylic acids is 1. The Morgan fingerprint density at radius 2 is 1.97 bits per heavy atom. The second-order valence-corrected chi connectivity index (χ2v) is 10.0. The smallest absolute Gasteiger partial charge is 0.236 e. The molecule has 2 heterocycles. The highest BCUT2D eigenvalue weighted by Crippen LogP contribution is 2.27. The second-order valence-electron chi connectivity index (χ2n) is 7.78. The Balaban J connectivity index is 1.38. The molecule has 0 aliphatic carbocycles. The van der Waals surface area contributed by atoms with Crippen molar-refractivity contribution in [2.24, 2.45) is 0 Å². The molecule has 0 bridgehead atoms. The van der Waals surface area contributed by atoms with Gasteiger partial charge in [0.05, 0.1) is 11.4 Å². The minimum Gasteiger partial charge on any atom is -0.302 e. The fraction of sp³-hybridized carbons (Fsp3) is 0.200. The third-order valence-electron chi connectivity index (χ3n) is 5.27. The first-order chi connectivity index (χ1) is 16.4. The molecule has 0 unspecified atom stereocenters. The number of hydrogen-bond acceptors (Lipinski definition) is 6. The summed E-state index contributed by atoms with van der Waals surface area (Å²) in [6.07, 6.45) is 2.41. The average Bonchev–Trinajstić information content (AvgIpc) is 3.43. The van der Waals surface area contributed by atoms with Crippen LogP contribution < -0.4 is 5.32 Å². The van der Waals surface area contributed by atoms with Crippen molar-refractivity contribution < 1.29 is 4.79 Å². The molecule has 0 radical (unpaired) electrons. The fourth-order valence-corrected chi connectivity index (χ4v) is 4.93. The van der Waals surface area contributed by atoms with E-state index in [2.05, 4.69) is 53.1 Å². The lowest BCUT2D eigenvalue weighted by atomic mass is 10.1. The maximum atomic E-state index is 12.6. The van der Waals surface area contributed by atoms with Gasteiger partial charge in [-0.2, -0.15) is 0 Å². The van der Waals surface area contributed by atoms with Crippen LogP contribution in [0.1, 0.15) is 22.5 Å². The summed E-state index contributed by atoms with van der Waals surface area (Å²) in [4.78, 5) is 17.1. The molecule has 9 heteroatoms. The van der Waals surface area contributed by atoms with Gasteiger partial charge in [0.25, 0.3) is 0 Å². The summed E-state index contributed by atoms with van der Waals surface area (Å²) in [6.45, 7) is 8.56. The number of allylic oxidation sites excluding steroid dienone is 1. The number of halogens is 1. The van der Waals surface area contributed by atoms with Gasteiger partial charge in [0.15, 0.2) is 10.3 Å². The number of amides is 1. The zero-order valence-corrected chi connectivity index (χ0v) is 21.3. The summed E-state index contributed by atoms with van der Waals surface area (Å²) in [5, 5.41) is 15.4. The summed E-state index contributed by atoms with van der Waals surface area (Å²) in [6, 6.07) is 13.9. The van der Waals surface area contributed by atoms with Crippen LogP contribution in [0.2, 0.25) is 5.02 Å². The van der Waals surface area contributed by atoms with Crippen molar-refractivity contribution in [1.82, 2.24) is 19.7 Å². The molecule has 0 aliphatic rings. The van der Waals surface area contributed by atoms with Gasteiger partial charge in [-0.25, -0.2) is 4.98 Å². The number of hydrogen-bond donors (Lipinski definition) is 1. The van der Waals surface area contributed by atoms with E-state index in [1.165, 1.54) is 34.2 Å². The van der Waals surface area contributed by atoms with Crippen LogP contribution in [0.5, 0.6) is 0 Å². The highest BCUT2D eigenvalue weighted by atomic mass is 35.5. The van der Waals surface area contributed by atoms with Gasteiger partial charge >= 0.3 is 0 Å². The van der Waals surface area contributed by atoms with E-state index in [1.54, 1.807) is 6.08 Å². The zero-order valence-electron chi connectivity index (χ0n) is 18.9. The largest absolute Gasteiger partial charge is 0.302 e. The molecule has 2 aromatic carbocycles. The number of aryl methyl sites for hydroxylation is 2. The second kappa shape index (κ2) is 11.0. The zero-order chi connectivity index (χ0) is 24.1. The van der Waals surface area contributed by atoms with E-state index in [0.717, 1.165) is 22.6 Å². The van der Waals surface area contributed by atoms with E-state index in [-0.39, 0.29) is 11.7 Å². The third-order valence-corrected chi connectivity index (χ3v) is 7.24. The number of nitrogens with zero attached hydrogens (tertiary/aromatic N) is 4. The molecule has 0 saturated heterocycles. The molecule has 34 heavy (non-hydrogen) atoms. The molecule has 0 aliphatic heterocycles. The molecular weight excluding hydrogens is 486 g/mol. The standard InChI is InChI=1S/C25H24ClN5OS2/c1-4-11-31-22(13-18-6-9-20(26)10-7-18)29-30-25(31)34-15-23(32)28-24-27-21(14-33-24)19-8-5-16(2)17(3)12-19/h4-10,12,14H,1,11,13,15H2,2-3H3,(H,27,28,32). The summed E-state index contributed by atoms with van der Waals surface area (Å²) in [5.41, 5.74) is 5.44. The fourth-order valence-electron chi connectivity index (χ4n) is 3.30. The molecule has 0 saturated carbocycles. The first-order valence-corrected chi connectivity index (χ1v) is 12.9. The van der Waals surface area contributed by atoms with E-state index in [1.807, 2.05) is 40.3 Å². The van der Waals surface area contributed by atoms with Crippen molar-refractivity contribution in [3.8, 4) is 11.3 Å². The topological polar surface area (TPSA) is 72.7 Å². The van der Waals surface area contributed by atoms with Gasteiger partial charge in [-0.1, -0.05) is 53.7 Å². The summed E-state index contributed by atoms with van der Waals surface area (Å²) in [7, 11) is 0. The Bertz CT molecular complexity index is 1310. The van der Waals surface area contributed by atoms with Gasteiger partial charge in [-0.05, 0) is 48.7 Å². The van der Waals surface area contributed by atoms with E-state index in [9.17, 15) is 4.79 Å². The van der Waals surface area contributed by atoms with Crippen molar-refractivity contribution in [2.45, 2.75) is 32.0 Å². The van der Waals surface area contributed by atoms with E-state index in [4.69, 9.17) is 11.6 Å². The van der Waals surface area contributed by atoms with Gasteiger partial charge in [-0.3, -0.25) is 4.79 Å². The van der Waals surface area contributed by atoms with E-state index >= 15 is 0 Å². The van der Waals surface area contributed by atoms with E-state index < -0.39 is 0 Å². The maximum absolute atomic E-state index is 12.6. The van der Waals surface area contributed by atoms with Crippen LogP contribution in [-0.2, 0) is 17.8 Å². The molecule has 6 nitrogen and oxygen atoms in total. The van der Waals surface area contributed by atoms with Crippen LogP contribution in [0.25, 0.3) is 11.3 Å². The van der Waals surface area contributed by atoms with Crippen LogP contribution in [-0.4, -0.2) is 31.4 Å². The number of aromatic nitrogens is 4. The molecule has 2 aromatic heterocycles. The molecule has 1 amide bonds. The molecule has 4 aromatic rings. The number of thioether (sulfide) groups is 1. The van der Waals surface area contributed by atoms with Crippen molar-refractivity contribution >= 4 is 45.7 Å². The lowest BCUT2D eigenvalue weighted by Crippen LogP contribution is -2.14. The molecule has 4 rings (SSSR count). The van der Waals surface area contributed by atoms with Crippen molar-refractivity contribution in [1.29, 1.82) is 0 Å². The SMILES string of the molecule is C=CCn1c(Cc2ccc(Cl)cc2)nnc1SCC(=O)Nc1nc(-c2ccc(C)c(C)c2)cs1. The lowest BCUT2D eigenvalue weighted by Gasteiger charge is -2.08. The van der Waals surface area contributed by atoms with Gasteiger partial charge in [0.1, 0.15) is 5.82 Å². The molecule has 0 atom stereocenters. The van der Waals surface area contributed by atoms with Crippen LogP contribution in [0.15, 0.2) is 65.7 Å². The Labute approximate surface area is 212 Å². The van der Waals surface area contributed by atoms with E-state index in [0.29, 0.717) is 28.3 Å². The van der Waals surface area contributed by atoms with Gasteiger partial charge in [0.2, 0.25) is 5.91 Å². The maximum Gasteiger partial charge on any atom is 0.236 e. The van der Waals surface area contributed by atoms with Crippen LogP contribution in [0.4, 0.5) is 5.13 Å². The molecule has 0 spiro atoms. The minimum atomic E-state index is -0.140. The average molecular weight is 510 g/mol. The first kappa shape index (κ1) is 24.2. The third kappa shape index (κ3) is 5.94. The predicted octanol–water partition coefficient (Wildman–Crippen LogP) is 6.18. The first-order valence-electron chi connectivity index (χ1n) is 10.7. The van der Waals surface area contributed by atoms with Gasteiger partial charge < -0.3 is 9.88 Å². The monoisotopic (exact) mass is 509 g/mol. The van der Waals surface area contributed by atoms with Crippen LogP contribution >= 0.6 is 34.7 Å². The number of thiazole rings is 1. The lowest BCUT2D eigenvalue weighted by molar-refractivity contribution is -0.113. The van der Waals surface area contributed by atoms with Gasteiger partial charge in [-0.15, -0.1) is 28.1 Å². The van der Waals surface area contributed by atoms with Crippen molar-refractivity contribution in [2.75, 3.05) is 11.1 Å². The highest BCUT2D eigenvalue weighted by molar-refractivity contribution is 7.99. The molecule has 1 N–H and O–H groups in total. The van der Waals surface area contributed by atoms with Crippen molar-refractivity contribution in [3.05, 3.63) is 88.0 Å². The Hall–Kier alpha value is -2.94. The number of nitrogens with one attached hydrogen (secondary N) is 1. The molecule has 174 valence electrons. The Morgan fingerprint density at radius 1 is 1.18 bits per heavy atom. The summed E-state index contributed by atoms with van der Waals surface area (Å²) in [5.74, 6) is 0.871. The number of benzene rings is 2. The minimum absolute atomic E-state index is 0.140. The molecule has 0 fully saturated rings. The number of rotatable bonds is 9. The summed E-state index contributed by atoms with van der Waals surface area (Å²) >= 11 is 8.74. The predicted molar refractivity (Wildman–Crippen MR) is 141 cm³/mol. The normalized spacial score (nSPS) is 10.9. The van der Waals surface area contributed by atoms with Gasteiger partial charge in [0, 0.05) is 28.9 Å². The highest BCUT2D eigenvalue weighted by Gasteiger charge is 2.15. The number of carbonyl (C=O) groups is 1. The molecular formula is C25H24ClN5OS2. The van der Waals surface area contributed by atoms with Crippen molar-refractivity contribution in [3.63, 3.8) is 0 Å².